The number of hydrogen-bond acceptors (Lipinski definition) is 5. The molecule has 1 N–H and O–H groups in total. The first-order valence-electron chi connectivity index (χ1n) is 10.1. The van der Waals surface area contributed by atoms with Gasteiger partial charge in [-0.15, -0.1) is 0 Å². The summed E-state index contributed by atoms with van der Waals surface area (Å²) in [5, 5.41) is 11.9. The van der Waals surface area contributed by atoms with Crippen molar-refractivity contribution in [1.82, 2.24) is 25.2 Å². The molecule has 0 saturated heterocycles. The number of aryl methyl sites for hydroxylation is 3. The minimum absolute atomic E-state index is 0.140. The Morgan fingerprint density at radius 1 is 1.27 bits per heavy atom. The molecule has 154 valence electrons. The molecule has 7 nitrogen and oxygen atoms in total. The van der Waals surface area contributed by atoms with E-state index in [4.69, 9.17) is 4.52 Å². The van der Waals surface area contributed by atoms with Crippen molar-refractivity contribution in [1.29, 1.82) is 0 Å². The molecular formula is C23H25N5O2. The summed E-state index contributed by atoms with van der Waals surface area (Å²) >= 11 is 0. The third-order valence-corrected chi connectivity index (χ3v) is 5.23. The second kappa shape index (κ2) is 8.10. The van der Waals surface area contributed by atoms with E-state index in [9.17, 15) is 4.79 Å². The molecule has 1 amide bonds. The maximum atomic E-state index is 13.2. The number of hydrogen-bond donors (Lipinski definition) is 1. The van der Waals surface area contributed by atoms with Crippen molar-refractivity contribution in [3.05, 3.63) is 65.1 Å². The Morgan fingerprint density at radius 3 is 2.70 bits per heavy atom. The van der Waals surface area contributed by atoms with Crippen molar-refractivity contribution in [2.24, 2.45) is 7.05 Å². The smallest absolute Gasteiger partial charge is 0.259 e. The first-order valence-corrected chi connectivity index (χ1v) is 10.1. The Bertz CT molecular complexity index is 1190. The second-order valence-corrected chi connectivity index (χ2v) is 7.59. The lowest BCUT2D eigenvalue weighted by atomic mass is 10.0. The lowest BCUT2D eigenvalue weighted by Gasteiger charge is -2.15. The molecule has 1 aromatic carbocycles. The minimum Gasteiger partial charge on any atom is -0.345 e. The van der Waals surface area contributed by atoms with E-state index < -0.39 is 0 Å². The second-order valence-electron chi connectivity index (χ2n) is 7.59. The Hall–Kier alpha value is -3.48. The van der Waals surface area contributed by atoms with E-state index in [2.05, 4.69) is 51.7 Å². The molecule has 30 heavy (non-hydrogen) atoms. The van der Waals surface area contributed by atoms with Gasteiger partial charge in [0.1, 0.15) is 0 Å². The molecule has 1 unspecified atom stereocenters. The molecule has 0 radical (unpaired) electrons. The zero-order valence-electron chi connectivity index (χ0n) is 17.6. The fourth-order valence-corrected chi connectivity index (χ4v) is 3.59. The van der Waals surface area contributed by atoms with E-state index in [0.717, 1.165) is 24.0 Å². The molecule has 4 rings (SSSR count). The number of carbonyl (C=O) groups is 1. The zero-order chi connectivity index (χ0) is 21.3. The molecule has 4 aromatic rings. The number of nitrogens with zero attached hydrogens (tertiary/aromatic N) is 4. The highest BCUT2D eigenvalue weighted by Crippen LogP contribution is 2.27. The zero-order valence-corrected chi connectivity index (χ0v) is 17.6. The van der Waals surface area contributed by atoms with Crippen LogP contribution in [-0.2, 0) is 13.5 Å². The van der Waals surface area contributed by atoms with Gasteiger partial charge < -0.3 is 9.84 Å². The van der Waals surface area contributed by atoms with Gasteiger partial charge in [0, 0.05) is 18.8 Å². The molecule has 0 bridgehead atoms. The average molecular weight is 403 g/mol. The van der Waals surface area contributed by atoms with E-state index >= 15 is 0 Å². The average Bonchev–Trinajstić information content (AvgIpc) is 3.34. The van der Waals surface area contributed by atoms with Crippen LogP contribution in [0, 0.1) is 6.92 Å². The number of fused-ring (bicyclic) bond motifs is 1. The van der Waals surface area contributed by atoms with Gasteiger partial charge in [0.2, 0.25) is 0 Å². The SMILES string of the molecule is CCCc1ccc(C(C)NC(=O)c2cc(-c3cnn(C)c3)nc3onc(C)c23)cc1. The van der Waals surface area contributed by atoms with E-state index in [-0.39, 0.29) is 11.9 Å². The van der Waals surface area contributed by atoms with Gasteiger partial charge in [-0.1, -0.05) is 42.8 Å². The fourth-order valence-electron chi connectivity index (χ4n) is 3.59. The monoisotopic (exact) mass is 403 g/mol. The van der Waals surface area contributed by atoms with Gasteiger partial charge in [0.25, 0.3) is 11.6 Å². The highest BCUT2D eigenvalue weighted by Gasteiger charge is 2.21. The van der Waals surface area contributed by atoms with Crippen molar-refractivity contribution in [2.45, 2.75) is 39.7 Å². The maximum Gasteiger partial charge on any atom is 0.259 e. The minimum atomic E-state index is -0.191. The molecule has 0 saturated carbocycles. The van der Waals surface area contributed by atoms with Gasteiger partial charge >= 0.3 is 0 Å². The van der Waals surface area contributed by atoms with Crippen molar-refractivity contribution in [2.75, 3.05) is 0 Å². The Kier molecular flexibility index (Phi) is 5.35. The summed E-state index contributed by atoms with van der Waals surface area (Å²) in [6.07, 6.45) is 5.72. The van der Waals surface area contributed by atoms with E-state index in [0.29, 0.717) is 28.1 Å². The van der Waals surface area contributed by atoms with Crippen LogP contribution in [0.3, 0.4) is 0 Å². The summed E-state index contributed by atoms with van der Waals surface area (Å²) in [7, 11) is 1.84. The topological polar surface area (TPSA) is 85.8 Å². The number of rotatable bonds is 6. The van der Waals surface area contributed by atoms with Crippen LogP contribution in [-0.4, -0.2) is 25.8 Å². The number of aromatic nitrogens is 4. The quantitative estimate of drug-likeness (QED) is 0.516. The van der Waals surface area contributed by atoms with Crippen molar-refractivity contribution in [3.63, 3.8) is 0 Å². The summed E-state index contributed by atoms with van der Waals surface area (Å²) in [5.41, 5.74) is 5.26. The predicted molar refractivity (Wildman–Crippen MR) is 115 cm³/mol. The standard InChI is InChI=1S/C23H25N5O2/c1-5-6-16-7-9-17(10-8-16)14(2)25-22(29)19-11-20(18-12-24-28(4)13-18)26-23-21(19)15(3)27-30-23/h7-14H,5-6H2,1-4H3,(H,25,29). The normalized spacial score (nSPS) is 12.3. The third-order valence-electron chi connectivity index (χ3n) is 5.23. The number of amides is 1. The summed E-state index contributed by atoms with van der Waals surface area (Å²) in [5.74, 6) is -0.191. The van der Waals surface area contributed by atoms with E-state index in [1.165, 1.54) is 5.56 Å². The van der Waals surface area contributed by atoms with Gasteiger partial charge in [0.15, 0.2) is 0 Å². The molecule has 0 aliphatic carbocycles. The Balaban J connectivity index is 1.65. The largest absolute Gasteiger partial charge is 0.345 e. The molecule has 1 atom stereocenters. The predicted octanol–water partition coefficient (Wildman–Crippen LogP) is 4.38. The van der Waals surface area contributed by atoms with Crippen LogP contribution in [0.2, 0.25) is 0 Å². The molecule has 0 fully saturated rings. The van der Waals surface area contributed by atoms with Crippen LogP contribution in [0.25, 0.3) is 22.4 Å². The van der Waals surface area contributed by atoms with Gasteiger partial charge in [0.05, 0.1) is 34.6 Å². The Labute approximate surface area is 175 Å². The summed E-state index contributed by atoms with van der Waals surface area (Å²) < 4.78 is 7.06. The third kappa shape index (κ3) is 3.83. The molecule has 3 aromatic heterocycles. The van der Waals surface area contributed by atoms with Crippen LogP contribution in [0.1, 0.15) is 53.5 Å². The summed E-state index contributed by atoms with van der Waals surface area (Å²) in [4.78, 5) is 17.7. The Morgan fingerprint density at radius 2 is 2.03 bits per heavy atom. The van der Waals surface area contributed by atoms with Crippen LogP contribution in [0.4, 0.5) is 0 Å². The number of carbonyl (C=O) groups excluding carboxylic acids is 1. The first kappa shape index (κ1) is 19.8. The highest BCUT2D eigenvalue weighted by atomic mass is 16.5. The number of pyridine rings is 1. The number of nitrogens with one attached hydrogen (secondary N) is 1. The summed E-state index contributed by atoms with van der Waals surface area (Å²) in [6.45, 7) is 5.95. The molecular weight excluding hydrogens is 378 g/mol. The van der Waals surface area contributed by atoms with Gasteiger partial charge in [-0.2, -0.15) is 5.10 Å². The fraction of sp³-hybridized carbons (Fsp3) is 0.304. The highest BCUT2D eigenvalue weighted by molar-refractivity contribution is 6.07. The van der Waals surface area contributed by atoms with Crippen LogP contribution >= 0.6 is 0 Å². The lowest BCUT2D eigenvalue weighted by Crippen LogP contribution is -2.27. The van der Waals surface area contributed by atoms with Gasteiger partial charge in [-0.3, -0.25) is 9.48 Å². The molecule has 0 aliphatic heterocycles. The van der Waals surface area contributed by atoms with Crippen molar-refractivity contribution in [3.8, 4) is 11.3 Å². The summed E-state index contributed by atoms with van der Waals surface area (Å²) in [6, 6.07) is 10.0. The van der Waals surface area contributed by atoms with Crippen LogP contribution in [0.5, 0.6) is 0 Å². The number of benzene rings is 1. The first-order chi connectivity index (χ1) is 14.5. The molecule has 0 aliphatic rings. The van der Waals surface area contributed by atoms with E-state index in [1.807, 2.05) is 27.1 Å². The lowest BCUT2D eigenvalue weighted by molar-refractivity contribution is 0.0941. The molecule has 3 heterocycles. The van der Waals surface area contributed by atoms with Crippen molar-refractivity contribution >= 4 is 17.0 Å². The van der Waals surface area contributed by atoms with E-state index in [1.54, 1.807) is 16.9 Å². The van der Waals surface area contributed by atoms with Crippen LogP contribution < -0.4 is 5.32 Å². The molecule has 7 heteroatoms. The van der Waals surface area contributed by atoms with Crippen LogP contribution in [0.15, 0.2) is 47.2 Å². The maximum absolute atomic E-state index is 13.2. The molecule has 0 spiro atoms. The van der Waals surface area contributed by atoms with Crippen molar-refractivity contribution < 1.29 is 9.32 Å². The van der Waals surface area contributed by atoms with Gasteiger partial charge in [-0.25, -0.2) is 4.98 Å². The van der Waals surface area contributed by atoms with Gasteiger partial charge in [-0.05, 0) is 37.5 Å².